The maximum atomic E-state index is 12.1. The molecule has 0 saturated heterocycles. The predicted molar refractivity (Wildman–Crippen MR) is 81.2 cm³/mol. The molecule has 0 spiro atoms. The van der Waals surface area contributed by atoms with Crippen LogP contribution in [0.4, 0.5) is 0 Å². The summed E-state index contributed by atoms with van der Waals surface area (Å²) in [7, 11) is 0. The molecule has 0 heterocycles. The Hall–Kier alpha value is -1.93. The quantitative estimate of drug-likeness (QED) is 0.589. The van der Waals surface area contributed by atoms with Gasteiger partial charge < -0.3 is 4.74 Å². The zero-order valence-corrected chi connectivity index (χ0v) is 12.1. The highest BCUT2D eigenvalue weighted by molar-refractivity contribution is 5.98. The number of ether oxygens (including phenoxy) is 1. The fourth-order valence-corrected chi connectivity index (χ4v) is 2.20. The van der Waals surface area contributed by atoms with E-state index in [9.17, 15) is 4.79 Å². The Bertz CT molecular complexity index is 573. The molecule has 104 valence electrons. The predicted octanol–water partition coefficient (Wildman–Crippen LogP) is 3.75. The molecular weight excluding hydrogens is 248 g/mol. The van der Waals surface area contributed by atoms with Crippen molar-refractivity contribution >= 4 is 5.78 Å². The van der Waals surface area contributed by atoms with Crippen LogP contribution in [-0.2, 0) is 11.2 Å². The lowest BCUT2D eigenvalue weighted by atomic mass is 10.0. The summed E-state index contributed by atoms with van der Waals surface area (Å²) in [6, 6.07) is 16.0. The van der Waals surface area contributed by atoms with Crippen molar-refractivity contribution in [3.8, 4) is 0 Å². The van der Waals surface area contributed by atoms with Crippen LogP contribution in [-0.4, -0.2) is 19.0 Å². The Labute approximate surface area is 120 Å². The molecule has 20 heavy (non-hydrogen) atoms. The molecule has 0 bridgehead atoms. The number of carbonyl (C=O) groups is 1. The number of hydrogen-bond acceptors (Lipinski definition) is 2. The van der Waals surface area contributed by atoms with Gasteiger partial charge in [0.2, 0.25) is 0 Å². The average molecular weight is 268 g/mol. The monoisotopic (exact) mass is 268 g/mol. The van der Waals surface area contributed by atoms with E-state index in [1.54, 1.807) is 0 Å². The Morgan fingerprint density at radius 3 is 2.50 bits per heavy atom. The molecule has 2 aromatic rings. The van der Waals surface area contributed by atoms with Gasteiger partial charge in [0.1, 0.15) is 6.61 Å². The Kier molecular flexibility index (Phi) is 5.08. The van der Waals surface area contributed by atoms with Gasteiger partial charge in [-0.05, 0) is 31.4 Å². The summed E-state index contributed by atoms with van der Waals surface area (Å²) in [5, 5.41) is 0. The summed E-state index contributed by atoms with van der Waals surface area (Å²) in [5.41, 5.74) is 4.17. The lowest BCUT2D eigenvalue weighted by Gasteiger charge is -2.07. The molecular formula is C18H20O2. The molecule has 0 amide bonds. The van der Waals surface area contributed by atoms with E-state index in [2.05, 4.69) is 12.1 Å². The standard InChI is InChI=1S/C18H20O2/c1-14-8-9-17(15(2)12-14)18(19)13-20-11-10-16-6-4-3-5-7-16/h3-9,12H,10-11,13H2,1-2H3. The van der Waals surface area contributed by atoms with Crippen LogP contribution in [0.25, 0.3) is 0 Å². The third kappa shape index (κ3) is 4.04. The first kappa shape index (κ1) is 14.5. The molecule has 2 rings (SSSR count). The molecule has 0 unspecified atom stereocenters. The van der Waals surface area contributed by atoms with E-state index in [4.69, 9.17) is 4.74 Å². The van der Waals surface area contributed by atoms with Crippen molar-refractivity contribution in [3.63, 3.8) is 0 Å². The SMILES string of the molecule is Cc1ccc(C(=O)COCCc2ccccc2)c(C)c1. The lowest BCUT2D eigenvalue weighted by molar-refractivity contribution is 0.0765. The second-order valence-electron chi connectivity index (χ2n) is 5.03. The molecule has 0 saturated carbocycles. The number of carbonyl (C=O) groups excluding carboxylic acids is 1. The van der Waals surface area contributed by atoms with Crippen molar-refractivity contribution in [1.82, 2.24) is 0 Å². The first-order valence-electron chi connectivity index (χ1n) is 6.89. The summed E-state index contributed by atoms with van der Waals surface area (Å²) >= 11 is 0. The number of rotatable bonds is 6. The highest BCUT2D eigenvalue weighted by Crippen LogP contribution is 2.11. The second kappa shape index (κ2) is 7.01. The molecule has 0 N–H and O–H groups in total. The van der Waals surface area contributed by atoms with Crippen LogP contribution >= 0.6 is 0 Å². The Morgan fingerprint density at radius 2 is 1.80 bits per heavy atom. The zero-order chi connectivity index (χ0) is 14.4. The second-order valence-corrected chi connectivity index (χ2v) is 5.03. The third-order valence-electron chi connectivity index (χ3n) is 3.29. The smallest absolute Gasteiger partial charge is 0.188 e. The fraction of sp³-hybridized carbons (Fsp3) is 0.278. The van der Waals surface area contributed by atoms with Gasteiger partial charge in [0, 0.05) is 5.56 Å². The van der Waals surface area contributed by atoms with Crippen molar-refractivity contribution in [2.75, 3.05) is 13.2 Å². The van der Waals surface area contributed by atoms with Gasteiger partial charge in [-0.2, -0.15) is 0 Å². The van der Waals surface area contributed by atoms with Crippen LogP contribution in [0.2, 0.25) is 0 Å². The van der Waals surface area contributed by atoms with Crippen LogP contribution in [0, 0.1) is 13.8 Å². The van der Waals surface area contributed by atoms with Gasteiger partial charge in [0.25, 0.3) is 0 Å². The summed E-state index contributed by atoms with van der Waals surface area (Å²) in [5.74, 6) is 0.0514. The Balaban J connectivity index is 1.80. The molecule has 2 heteroatoms. The fourth-order valence-electron chi connectivity index (χ4n) is 2.20. The van der Waals surface area contributed by atoms with E-state index in [0.29, 0.717) is 6.61 Å². The molecule has 2 aromatic carbocycles. The first-order valence-corrected chi connectivity index (χ1v) is 6.89. The molecule has 0 aliphatic rings. The maximum Gasteiger partial charge on any atom is 0.188 e. The van der Waals surface area contributed by atoms with Gasteiger partial charge in [-0.1, -0.05) is 54.1 Å². The number of benzene rings is 2. The van der Waals surface area contributed by atoms with Crippen molar-refractivity contribution in [3.05, 3.63) is 70.8 Å². The highest BCUT2D eigenvalue weighted by Gasteiger charge is 2.09. The van der Waals surface area contributed by atoms with Crippen molar-refractivity contribution in [1.29, 1.82) is 0 Å². The van der Waals surface area contributed by atoms with Gasteiger partial charge >= 0.3 is 0 Å². The number of Topliss-reactive ketones (excluding diaryl/α,β-unsaturated/α-hetero) is 1. The molecule has 0 radical (unpaired) electrons. The van der Waals surface area contributed by atoms with Crippen LogP contribution in [0.1, 0.15) is 27.0 Å². The lowest BCUT2D eigenvalue weighted by Crippen LogP contribution is -2.12. The highest BCUT2D eigenvalue weighted by atomic mass is 16.5. The van der Waals surface area contributed by atoms with Crippen molar-refractivity contribution < 1.29 is 9.53 Å². The molecule has 0 aliphatic heterocycles. The largest absolute Gasteiger partial charge is 0.373 e. The molecule has 0 aromatic heterocycles. The molecule has 0 aliphatic carbocycles. The van der Waals surface area contributed by atoms with Crippen LogP contribution < -0.4 is 0 Å². The molecule has 0 fully saturated rings. The minimum absolute atomic E-state index is 0.0514. The maximum absolute atomic E-state index is 12.1. The van der Waals surface area contributed by atoms with Gasteiger partial charge in [0.05, 0.1) is 6.61 Å². The summed E-state index contributed by atoms with van der Waals surface area (Å²) in [6.07, 6.45) is 0.834. The molecule has 2 nitrogen and oxygen atoms in total. The molecule has 0 atom stereocenters. The topological polar surface area (TPSA) is 26.3 Å². The summed E-state index contributed by atoms with van der Waals surface area (Å²) < 4.78 is 5.49. The van der Waals surface area contributed by atoms with Gasteiger partial charge in [-0.25, -0.2) is 0 Å². The van der Waals surface area contributed by atoms with E-state index >= 15 is 0 Å². The van der Waals surface area contributed by atoms with Crippen molar-refractivity contribution in [2.45, 2.75) is 20.3 Å². The van der Waals surface area contributed by atoms with E-state index in [-0.39, 0.29) is 12.4 Å². The van der Waals surface area contributed by atoms with Gasteiger partial charge in [-0.15, -0.1) is 0 Å². The van der Waals surface area contributed by atoms with Crippen LogP contribution in [0.5, 0.6) is 0 Å². The number of hydrogen-bond donors (Lipinski definition) is 0. The summed E-state index contributed by atoms with van der Waals surface area (Å²) in [6.45, 7) is 4.71. The minimum atomic E-state index is 0.0514. The van der Waals surface area contributed by atoms with E-state index in [0.717, 1.165) is 17.5 Å². The average Bonchev–Trinajstić information content (AvgIpc) is 2.44. The van der Waals surface area contributed by atoms with Crippen LogP contribution in [0.15, 0.2) is 48.5 Å². The number of ketones is 1. The van der Waals surface area contributed by atoms with Gasteiger partial charge in [-0.3, -0.25) is 4.79 Å². The first-order chi connectivity index (χ1) is 9.66. The zero-order valence-electron chi connectivity index (χ0n) is 12.1. The van der Waals surface area contributed by atoms with Crippen LogP contribution in [0.3, 0.4) is 0 Å². The normalized spacial score (nSPS) is 10.5. The van der Waals surface area contributed by atoms with Gasteiger partial charge in [0.15, 0.2) is 5.78 Å². The van der Waals surface area contributed by atoms with Crippen molar-refractivity contribution in [2.24, 2.45) is 0 Å². The van der Waals surface area contributed by atoms with E-state index < -0.39 is 0 Å². The van der Waals surface area contributed by atoms with E-state index in [1.165, 1.54) is 11.1 Å². The van der Waals surface area contributed by atoms with E-state index in [1.807, 2.05) is 50.2 Å². The number of aryl methyl sites for hydroxylation is 2. The minimum Gasteiger partial charge on any atom is -0.373 e. The Morgan fingerprint density at radius 1 is 1.05 bits per heavy atom. The third-order valence-corrected chi connectivity index (χ3v) is 3.29. The summed E-state index contributed by atoms with van der Waals surface area (Å²) in [4.78, 5) is 12.1.